The van der Waals surface area contributed by atoms with Gasteiger partial charge in [-0.1, -0.05) is 67.4 Å². The summed E-state index contributed by atoms with van der Waals surface area (Å²) in [4.78, 5) is 61.8. The van der Waals surface area contributed by atoms with Crippen LogP contribution in [0.2, 0.25) is 5.02 Å². The van der Waals surface area contributed by atoms with E-state index in [4.69, 9.17) is 11.6 Å². The number of benzene rings is 5. The Bertz CT molecular complexity index is 3620. The number of alkyl halides is 3. The number of hydrogen-bond donors (Lipinski definition) is 3. The van der Waals surface area contributed by atoms with Crippen molar-refractivity contribution in [2.24, 2.45) is 5.41 Å². The zero-order chi connectivity index (χ0) is 62.4. The van der Waals surface area contributed by atoms with E-state index in [2.05, 4.69) is 56.2 Å². The monoisotopic (exact) mass is 1300 g/mol. The van der Waals surface area contributed by atoms with E-state index in [-0.39, 0.29) is 29.2 Å². The Hall–Kier alpha value is -5.92. The molecule has 470 valence electrons. The van der Waals surface area contributed by atoms with Gasteiger partial charge in [-0.2, -0.15) is 13.2 Å². The lowest BCUT2D eigenvalue weighted by Crippen LogP contribution is -2.52. The van der Waals surface area contributed by atoms with E-state index in [9.17, 15) is 49.2 Å². The number of allylic oxidation sites excluding steroid dienone is 1. The van der Waals surface area contributed by atoms with Crippen LogP contribution in [-0.4, -0.2) is 161 Å². The molecule has 1 unspecified atom stereocenters. The zero-order valence-electron chi connectivity index (χ0n) is 49.3. The quantitative estimate of drug-likeness (QED) is 0.0318. The van der Waals surface area contributed by atoms with Crippen molar-refractivity contribution in [2.45, 2.75) is 109 Å². The SMILES string of the molecule is CC1(C)CCC(c2ccc(Cl)cc2)=C(CN2CCN(c3ccc(C(=O)NS(=O)(=O)c4ccc(N[C@H](CCN5CCN(CCCCSc6cccc7c6CN(C6CCC(=O)NC6=O)C7=O)CC5)CSc5ccccc5)c(S(=O)(=O)C(F)(F)F)c4)cc3)CC2)C1. The van der Waals surface area contributed by atoms with Crippen molar-refractivity contribution in [3.63, 3.8) is 0 Å². The summed E-state index contributed by atoms with van der Waals surface area (Å²) < 4.78 is 99.9. The fraction of sp³-hybridized carbons (Fsp3) is 0.438. The third kappa shape index (κ3) is 16.0. The van der Waals surface area contributed by atoms with Crippen molar-refractivity contribution in [3.8, 4) is 0 Å². The van der Waals surface area contributed by atoms with E-state index < -0.39 is 64.7 Å². The van der Waals surface area contributed by atoms with Crippen LogP contribution in [0.4, 0.5) is 24.5 Å². The van der Waals surface area contributed by atoms with Gasteiger partial charge in [0.2, 0.25) is 11.8 Å². The Morgan fingerprint density at radius 1 is 0.784 bits per heavy atom. The molecule has 4 heterocycles. The standard InChI is InChI=1S/C64H74ClF3N8O8S4/c1-63(2)27-25-52(44-13-17-47(65)18-14-44)46(40-63)41-74-34-36-75(37-35-74)49-19-15-45(16-20-49)60(78)71-88(83,84)51-21-22-55(58(39-51)87(81,82)64(66,67)68)69-48(43-86-50-9-4-3-5-10-50)26-29-73-32-30-72(31-33-73)28-6-7-38-85-57-12-8-11-53-54(57)42-76(62(53)80)56-23-24-59(77)70-61(56)79/h3-5,8-22,39,48,56,69H,6-7,23-38,40-43H2,1-2H3,(H,71,78)(H,70,77,79)/t48-,56?/m1/s1. The van der Waals surface area contributed by atoms with Gasteiger partial charge >= 0.3 is 5.51 Å². The van der Waals surface area contributed by atoms with Crippen LogP contribution >= 0.6 is 35.1 Å². The Kier molecular flexibility index (Phi) is 20.8. The van der Waals surface area contributed by atoms with Crippen molar-refractivity contribution >= 4 is 95.6 Å². The Morgan fingerprint density at radius 2 is 1.48 bits per heavy atom. The van der Waals surface area contributed by atoms with Crippen LogP contribution in [0.3, 0.4) is 0 Å². The number of nitrogens with one attached hydrogen (secondary N) is 3. The van der Waals surface area contributed by atoms with Gasteiger partial charge < -0.3 is 24.9 Å². The number of halogens is 4. The van der Waals surface area contributed by atoms with Crippen LogP contribution in [0.5, 0.6) is 0 Å². The van der Waals surface area contributed by atoms with Gasteiger partial charge in [-0.15, -0.1) is 23.5 Å². The number of sulfonamides is 1. The Labute approximate surface area is 527 Å². The highest BCUT2D eigenvalue weighted by atomic mass is 35.5. The molecule has 0 spiro atoms. The van der Waals surface area contributed by atoms with E-state index >= 15 is 0 Å². The molecule has 0 aromatic heterocycles. The van der Waals surface area contributed by atoms with Crippen molar-refractivity contribution in [1.82, 2.24) is 29.6 Å². The van der Waals surface area contributed by atoms with Crippen molar-refractivity contribution in [3.05, 3.63) is 148 Å². The van der Waals surface area contributed by atoms with E-state index in [0.717, 1.165) is 136 Å². The molecule has 10 rings (SSSR count). The van der Waals surface area contributed by atoms with Crippen LogP contribution in [0.1, 0.15) is 97.1 Å². The van der Waals surface area contributed by atoms with Crippen molar-refractivity contribution in [2.75, 3.05) is 93.7 Å². The smallest absolute Gasteiger partial charge is 0.380 e. The van der Waals surface area contributed by atoms with E-state index in [0.29, 0.717) is 48.3 Å². The minimum absolute atomic E-state index is 0.0171. The molecule has 88 heavy (non-hydrogen) atoms. The summed E-state index contributed by atoms with van der Waals surface area (Å²) in [6.45, 7) is 13.3. The number of sulfone groups is 1. The maximum absolute atomic E-state index is 14.5. The normalized spacial score (nSPS) is 19.4. The summed E-state index contributed by atoms with van der Waals surface area (Å²) in [5.41, 5.74) is 0.345. The highest BCUT2D eigenvalue weighted by molar-refractivity contribution is 7.99. The van der Waals surface area contributed by atoms with Crippen LogP contribution in [0.15, 0.2) is 140 Å². The summed E-state index contributed by atoms with van der Waals surface area (Å²) in [6, 6.07) is 30.7. The largest absolute Gasteiger partial charge is 0.501 e. The second-order valence-electron chi connectivity index (χ2n) is 24.0. The second kappa shape index (κ2) is 28.1. The molecule has 5 aromatic rings. The predicted octanol–water partition coefficient (Wildman–Crippen LogP) is 10.5. The number of carbonyl (C=O) groups is 4. The first-order chi connectivity index (χ1) is 42.0. The first-order valence-corrected chi connectivity index (χ1v) is 35.2. The second-order valence-corrected chi connectivity index (χ2v) is 30.2. The molecule has 3 fully saturated rings. The molecule has 2 atom stereocenters. The number of unbranched alkanes of at least 4 members (excludes halogenated alkanes) is 1. The van der Waals surface area contributed by atoms with Crippen LogP contribution in [-0.2, 0) is 36.0 Å². The fourth-order valence-corrected chi connectivity index (χ4v) is 16.4. The number of nitrogens with zero attached hydrogens (tertiary/aromatic N) is 5. The number of piperazine rings is 2. The van der Waals surface area contributed by atoms with Gasteiger partial charge in [-0.25, -0.2) is 21.6 Å². The molecule has 3 saturated heterocycles. The Morgan fingerprint density at radius 3 is 2.17 bits per heavy atom. The first kappa shape index (κ1) is 65.0. The van der Waals surface area contributed by atoms with Gasteiger partial charge in [0.1, 0.15) is 10.9 Å². The molecule has 16 nitrogen and oxygen atoms in total. The average Bonchev–Trinajstić information content (AvgIpc) is 1.47. The third-order valence-corrected chi connectivity index (χ3v) is 22.7. The fourth-order valence-electron chi connectivity index (χ4n) is 12.2. The van der Waals surface area contributed by atoms with Gasteiger partial charge in [0, 0.05) is 122 Å². The molecule has 3 N–H and O–H groups in total. The molecule has 0 bridgehead atoms. The molecule has 5 aromatic carbocycles. The number of anilines is 2. The first-order valence-electron chi connectivity index (χ1n) is 29.9. The summed E-state index contributed by atoms with van der Waals surface area (Å²) in [5.74, 6) is -0.833. The molecule has 0 saturated carbocycles. The molecule has 4 aliphatic heterocycles. The van der Waals surface area contributed by atoms with Crippen molar-refractivity contribution < 1.29 is 49.2 Å². The average molecular weight is 1300 g/mol. The number of imide groups is 1. The number of thioether (sulfide) groups is 2. The van der Waals surface area contributed by atoms with Gasteiger partial charge in [-0.3, -0.25) is 29.4 Å². The van der Waals surface area contributed by atoms with E-state index in [1.54, 1.807) is 34.9 Å². The minimum atomic E-state index is -6.12. The molecule has 0 radical (unpaired) electrons. The van der Waals surface area contributed by atoms with Crippen LogP contribution in [0, 0.1) is 5.41 Å². The molecule has 4 amide bonds. The molecular formula is C64H74ClF3N8O8S4. The van der Waals surface area contributed by atoms with Crippen molar-refractivity contribution in [1.29, 1.82) is 0 Å². The third-order valence-electron chi connectivity index (χ3n) is 17.2. The molecule has 5 aliphatic rings. The predicted molar refractivity (Wildman–Crippen MR) is 340 cm³/mol. The highest BCUT2D eigenvalue weighted by Crippen LogP contribution is 2.43. The van der Waals surface area contributed by atoms with Gasteiger partial charge in [0.05, 0.1) is 10.6 Å². The lowest BCUT2D eigenvalue weighted by Gasteiger charge is -2.39. The maximum atomic E-state index is 14.5. The topological polar surface area (TPSA) is 189 Å². The van der Waals surface area contributed by atoms with Gasteiger partial charge in [0.25, 0.3) is 31.7 Å². The number of carbonyl (C=O) groups excluding carboxylic acids is 4. The van der Waals surface area contributed by atoms with Gasteiger partial charge in [-0.05, 0) is 158 Å². The number of piperidine rings is 1. The number of rotatable bonds is 23. The Balaban J connectivity index is 0.727. The number of hydrogen-bond acceptors (Lipinski definition) is 15. The summed E-state index contributed by atoms with van der Waals surface area (Å²) >= 11 is 9.35. The summed E-state index contributed by atoms with van der Waals surface area (Å²) in [6.07, 6.45) is 5.91. The lowest BCUT2D eigenvalue weighted by molar-refractivity contribution is -0.136. The molecular weight excluding hydrogens is 1230 g/mol. The van der Waals surface area contributed by atoms with E-state index in [1.165, 1.54) is 40.6 Å². The summed E-state index contributed by atoms with van der Waals surface area (Å²) in [5, 5.41) is 6.12. The summed E-state index contributed by atoms with van der Waals surface area (Å²) in [7, 11) is -11.0. The van der Waals surface area contributed by atoms with Crippen LogP contribution < -0.4 is 20.3 Å². The van der Waals surface area contributed by atoms with Gasteiger partial charge in [0.15, 0.2) is 0 Å². The zero-order valence-corrected chi connectivity index (χ0v) is 53.3. The maximum Gasteiger partial charge on any atom is 0.501 e. The van der Waals surface area contributed by atoms with E-state index in [1.807, 2.05) is 59.3 Å². The molecule has 24 heteroatoms. The number of fused-ring (bicyclic) bond motifs is 1. The van der Waals surface area contributed by atoms with Crippen LogP contribution in [0.25, 0.3) is 5.57 Å². The minimum Gasteiger partial charge on any atom is -0.380 e. The number of amides is 4. The lowest BCUT2D eigenvalue weighted by atomic mass is 9.73. The molecule has 1 aliphatic carbocycles. The highest BCUT2D eigenvalue weighted by Gasteiger charge is 2.49.